The largest absolute Gasteiger partial charge is 0.469 e. The molecular weight excluding hydrogens is 332 g/mol. The monoisotopic (exact) mass is 370 g/mol. The summed E-state index contributed by atoms with van der Waals surface area (Å²) in [5.74, 6) is -0.224. The zero-order valence-electron chi connectivity index (χ0n) is 16.5. The van der Waals surface area contributed by atoms with Crippen LogP contribution < -0.4 is 0 Å². The summed E-state index contributed by atoms with van der Waals surface area (Å²) in [6, 6.07) is 0. The first-order valence-electron chi connectivity index (χ1n) is 10.3. The molecule has 1 aliphatic carbocycles. The highest BCUT2D eigenvalue weighted by molar-refractivity contribution is 5.68. The fraction of sp³-hybridized carbons (Fsp3) is 0.857. The van der Waals surface area contributed by atoms with E-state index in [2.05, 4.69) is 11.7 Å². The van der Waals surface area contributed by atoms with Gasteiger partial charge in [0.15, 0.2) is 0 Å². The van der Waals surface area contributed by atoms with Gasteiger partial charge in [0.05, 0.1) is 25.4 Å². The average Bonchev–Trinajstić information content (AvgIpc) is 3.00. The quantitative estimate of drug-likeness (QED) is 0.263. The van der Waals surface area contributed by atoms with Crippen molar-refractivity contribution in [1.82, 2.24) is 0 Å². The fourth-order valence-corrected chi connectivity index (χ4v) is 3.83. The Labute approximate surface area is 158 Å². The van der Waals surface area contributed by atoms with Crippen molar-refractivity contribution in [3.05, 3.63) is 12.2 Å². The first kappa shape index (κ1) is 23.1. The second kappa shape index (κ2) is 13.3. The predicted molar refractivity (Wildman–Crippen MR) is 103 cm³/mol. The molecule has 0 saturated heterocycles. The maximum Gasteiger partial charge on any atom is 0.305 e. The minimum atomic E-state index is -0.467. The van der Waals surface area contributed by atoms with Crippen LogP contribution in [0.25, 0.3) is 0 Å². The second-order valence-corrected chi connectivity index (χ2v) is 7.58. The van der Waals surface area contributed by atoms with Gasteiger partial charge in [-0.05, 0) is 38.0 Å². The molecule has 5 nitrogen and oxygen atoms in total. The highest BCUT2D eigenvalue weighted by Gasteiger charge is 2.37. The van der Waals surface area contributed by atoms with Gasteiger partial charge in [-0.1, -0.05) is 51.2 Å². The number of aliphatic hydroxyl groups is 3. The summed E-state index contributed by atoms with van der Waals surface area (Å²) in [5, 5.41) is 30.8. The number of hydrogen-bond acceptors (Lipinski definition) is 5. The van der Waals surface area contributed by atoms with E-state index in [1.165, 1.54) is 7.11 Å². The van der Waals surface area contributed by atoms with Gasteiger partial charge in [0.25, 0.3) is 0 Å². The summed E-state index contributed by atoms with van der Waals surface area (Å²) in [5.41, 5.74) is 0. The van der Waals surface area contributed by atoms with Crippen LogP contribution in [0.5, 0.6) is 0 Å². The molecule has 3 unspecified atom stereocenters. The van der Waals surface area contributed by atoms with Crippen LogP contribution in [0, 0.1) is 11.8 Å². The maximum atomic E-state index is 11.1. The second-order valence-electron chi connectivity index (χ2n) is 7.58. The van der Waals surface area contributed by atoms with Gasteiger partial charge in [-0.15, -0.1) is 0 Å². The Morgan fingerprint density at radius 2 is 1.85 bits per heavy atom. The minimum Gasteiger partial charge on any atom is -0.469 e. The van der Waals surface area contributed by atoms with Crippen molar-refractivity contribution in [1.29, 1.82) is 0 Å². The summed E-state index contributed by atoms with van der Waals surface area (Å²) in [6.07, 6.45) is 11.5. The average molecular weight is 371 g/mol. The molecule has 0 aliphatic heterocycles. The Bertz CT molecular complexity index is 409. The Kier molecular flexibility index (Phi) is 11.8. The van der Waals surface area contributed by atoms with Crippen LogP contribution in [0.4, 0.5) is 0 Å². The van der Waals surface area contributed by atoms with Crippen molar-refractivity contribution >= 4 is 5.97 Å². The lowest BCUT2D eigenvalue weighted by molar-refractivity contribution is -0.140. The van der Waals surface area contributed by atoms with Crippen molar-refractivity contribution in [2.75, 3.05) is 7.11 Å². The zero-order chi connectivity index (χ0) is 19.4. The Hall–Kier alpha value is -0.910. The molecule has 1 rings (SSSR count). The first-order chi connectivity index (χ1) is 12.5. The van der Waals surface area contributed by atoms with Crippen LogP contribution in [0.3, 0.4) is 0 Å². The van der Waals surface area contributed by atoms with E-state index in [9.17, 15) is 20.1 Å². The van der Waals surface area contributed by atoms with E-state index in [0.29, 0.717) is 19.3 Å². The molecule has 26 heavy (non-hydrogen) atoms. The third-order valence-corrected chi connectivity index (χ3v) is 5.50. The van der Waals surface area contributed by atoms with E-state index in [1.807, 2.05) is 6.08 Å². The highest BCUT2D eigenvalue weighted by Crippen LogP contribution is 2.37. The minimum absolute atomic E-state index is 0.0460. The van der Waals surface area contributed by atoms with Crippen molar-refractivity contribution in [2.24, 2.45) is 11.8 Å². The number of methoxy groups -OCH3 is 1. The number of carbonyl (C=O) groups is 1. The van der Waals surface area contributed by atoms with E-state index >= 15 is 0 Å². The highest BCUT2D eigenvalue weighted by atomic mass is 16.5. The molecule has 0 amide bonds. The van der Waals surface area contributed by atoms with Crippen molar-refractivity contribution in [2.45, 2.75) is 95.9 Å². The number of aliphatic hydroxyl groups excluding tert-OH is 3. The zero-order valence-corrected chi connectivity index (χ0v) is 16.5. The molecule has 0 spiro atoms. The van der Waals surface area contributed by atoms with E-state index in [1.54, 1.807) is 6.08 Å². The summed E-state index contributed by atoms with van der Waals surface area (Å²) in [7, 11) is 1.39. The molecule has 0 aromatic carbocycles. The van der Waals surface area contributed by atoms with Gasteiger partial charge in [-0.2, -0.15) is 0 Å². The molecule has 0 aromatic rings. The lowest BCUT2D eigenvalue weighted by Crippen LogP contribution is -2.27. The number of carbonyl (C=O) groups excluding carboxylic acids is 1. The van der Waals surface area contributed by atoms with Gasteiger partial charge in [0, 0.05) is 12.3 Å². The Morgan fingerprint density at radius 3 is 2.54 bits per heavy atom. The predicted octanol–water partition coefficient (Wildman–Crippen LogP) is 3.36. The van der Waals surface area contributed by atoms with E-state index < -0.39 is 18.3 Å². The summed E-state index contributed by atoms with van der Waals surface area (Å²) in [4.78, 5) is 11.1. The van der Waals surface area contributed by atoms with Crippen LogP contribution in [-0.2, 0) is 9.53 Å². The molecular formula is C21H38O5. The van der Waals surface area contributed by atoms with Gasteiger partial charge < -0.3 is 20.1 Å². The molecule has 0 aromatic heterocycles. The third-order valence-electron chi connectivity index (χ3n) is 5.50. The Morgan fingerprint density at radius 1 is 1.12 bits per heavy atom. The summed E-state index contributed by atoms with van der Waals surface area (Å²) >= 11 is 0. The van der Waals surface area contributed by atoms with Crippen molar-refractivity contribution in [3.8, 4) is 0 Å². The summed E-state index contributed by atoms with van der Waals surface area (Å²) < 4.78 is 4.62. The molecule has 1 saturated carbocycles. The van der Waals surface area contributed by atoms with Crippen LogP contribution in [0.1, 0.15) is 77.6 Å². The molecule has 3 N–H and O–H groups in total. The third kappa shape index (κ3) is 8.65. The van der Waals surface area contributed by atoms with Crippen LogP contribution >= 0.6 is 0 Å². The van der Waals surface area contributed by atoms with Gasteiger partial charge in [-0.25, -0.2) is 0 Å². The van der Waals surface area contributed by atoms with E-state index in [4.69, 9.17) is 0 Å². The number of rotatable bonds is 13. The van der Waals surface area contributed by atoms with Gasteiger partial charge >= 0.3 is 5.97 Å². The lowest BCUT2D eigenvalue weighted by atomic mass is 9.86. The Balaban J connectivity index is 2.37. The first-order valence-corrected chi connectivity index (χ1v) is 10.3. The molecule has 5 heteroatoms. The molecule has 0 heterocycles. The molecule has 1 fully saturated rings. The van der Waals surface area contributed by atoms with Crippen LogP contribution in [0.15, 0.2) is 12.2 Å². The molecule has 0 radical (unpaired) electrons. The van der Waals surface area contributed by atoms with Gasteiger partial charge in [-0.3, -0.25) is 4.79 Å². The normalized spacial score (nSPS) is 25.5. The van der Waals surface area contributed by atoms with Gasteiger partial charge in [0.2, 0.25) is 0 Å². The smallest absolute Gasteiger partial charge is 0.305 e. The molecule has 0 bridgehead atoms. The molecule has 152 valence electrons. The topological polar surface area (TPSA) is 87.0 Å². The fourth-order valence-electron chi connectivity index (χ4n) is 3.83. The standard InChI is InChI=1S/C21H38O5/c1-3-4-6-9-16(22)12-13-17-18(14-15-20(17)24)19(23)10-7-5-8-11-21(25)26-2/h12-13,16-20,22-24H,3-11,14-15H2,1-2H3/t16?,17-,18+,19?,20?/m1/s1. The SMILES string of the molecule is CCCCCC(O)C=C[C@H]1C(O)CC[C@@H]1C(O)CCCCCC(=O)OC. The molecule has 1 aliphatic rings. The number of hydrogen-bond donors (Lipinski definition) is 3. The lowest BCUT2D eigenvalue weighted by Gasteiger charge is -2.24. The van der Waals surface area contributed by atoms with Crippen molar-refractivity contribution in [3.63, 3.8) is 0 Å². The molecule has 5 atom stereocenters. The van der Waals surface area contributed by atoms with E-state index in [-0.39, 0.29) is 17.8 Å². The number of esters is 1. The van der Waals surface area contributed by atoms with Gasteiger partial charge in [0.1, 0.15) is 0 Å². The maximum absolute atomic E-state index is 11.1. The van der Waals surface area contributed by atoms with Crippen molar-refractivity contribution < 1.29 is 24.9 Å². The number of unbranched alkanes of at least 4 members (excludes halogenated alkanes) is 4. The van der Waals surface area contributed by atoms with Crippen LogP contribution in [0.2, 0.25) is 0 Å². The number of ether oxygens (including phenoxy) is 1. The summed E-state index contributed by atoms with van der Waals surface area (Å²) in [6.45, 7) is 2.14. The van der Waals surface area contributed by atoms with E-state index in [0.717, 1.165) is 51.4 Å². The van der Waals surface area contributed by atoms with Crippen LogP contribution in [-0.4, -0.2) is 46.7 Å².